The molecule has 1 unspecified atom stereocenters. The van der Waals surface area contributed by atoms with Gasteiger partial charge in [0.2, 0.25) is 0 Å². The SMILES string of the molecule is CCCCc1ccc(C2C(C#N)=C(N)N(c3ccc(Cl)cc3Cl)C3=C2C(=O)CC(C)(C)C3)s1. The van der Waals surface area contributed by atoms with Crippen LogP contribution in [0, 0.1) is 16.7 Å². The Bertz CT molecular complexity index is 1220. The van der Waals surface area contributed by atoms with Gasteiger partial charge in [0.25, 0.3) is 0 Å². The van der Waals surface area contributed by atoms with Crippen molar-refractivity contribution < 1.29 is 4.79 Å². The van der Waals surface area contributed by atoms with Crippen molar-refractivity contribution in [3.8, 4) is 6.07 Å². The number of hydrogen-bond acceptors (Lipinski definition) is 5. The Morgan fingerprint density at radius 3 is 2.67 bits per heavy atom. The lowest BCUT2D eigenvalue weighted by molar-refractivity contribution is -0.118. The molecule has 4 nitrogen and oxygen atoms in total. The van der Waals surface area contributed by atoms with E-state index in [9.17, 15) is 10.1 Å². The van der Waals surface area contributed by atoms with E-state index in [1.807, 2.05) is 6.07 Å². The summed E-state index contributed by atoms with van der Waals surface area (Å²) in [6.07, 6.45) is 4.30. The number of carbonyl (C=O) groups is 1. The molecule has 0 radical (unpaired) electrons. The number of allylic oxidation sites excluding steroid dienone is 3. The number of benzene rings is 1. The minimum Gasteiger partial charge on any atom is -0.384 e. The molecule has 2 aliphatic rings. The van der Waals surface area contributed by atoms with Crippen LogP contribution in [0.5, 0.6) is 0 Å². The topological polar surface area (TPSA) is 70.1 Å². The molecule has 33 heavy (non-hydrogen) atoms. The maximum absolute atomic E-state index is 13.6. The lowest BCUT2D eigenvalue weighted by Gasteiger charge is -2.43. The summed E-state index contributed by atoms with van der Waals surface area (Å²) < 4.78 is 0. The minimum atomic E-state index is -0.448. The van der Waals surface area contributed by atoms with Gasteiger partial charge in [-0.25, -0.2) is 0 Å². The fraction of sp³-hybridized carbons (Fsp3) is 0.385. The quantitative estimate of drug-likeness (QED) is 0.466. The van der Waals surface area contributed by atoms with Crippen LogP contribution < -0.4 is 10.6 Å². The zero-order chi connectivity index (χ0) is 23.9. The Hall–Kier alpha value is -2.26. The number of anilines is 1. The van der Waals surface area contributed by atoms with Crippen LogP contribution in [0.25, 0.3) is 0 Å². The number of unbranched alkanes of at least 4 members (excludes halogenated alkanes) is 1. The third-order valence-electron chi connectivity index (χ3n) is 6.28. The smallest absolute Gasteiger partial charge is 0.162 e. The van der Waals surface area contributed by atoms with Crippen molar-refractivity contribution >= 4 is 46.0 Å². The van der Waals surface area contributed by atoms with Crippen LogP contribution in [0.4, 0.5) is 5.69 Å². The monoisotopic (exact) mass is 499 g/mol. The maximum Gasteiger partial charge on any atom is 0.162 e. The first kappa shape index (κ1) is 23.9. The summed E-state index contributed by atoms with van der Waals surface area (Å²) in [5.74, 6) is -0.0686. The zero-order valence-electron chi connectivity index (χ0n) is 19.0. The highest BCUT2D eigenvalue weighted by molar-refractivity contribution is 7.12. The molecule has 2 heterocycles. The number of ketones is 1. The van der Waals surface area contributed by atoms with Crippen molar-refractivity contribution in [1.29, 1.82) is 5.26 Å². The number of nitrogens with two attached hydrogens (primary N) is 1. The summed E-state index contributed by atoms with van der Waals surface area (Å²) in [6.45, 7) is 6.33. The van der Waals surface area contributed by atoms with Gasteiger partial charge in [-0.05, 0) is 55.0 Å². The van der Waals surface area contributed by atoms with Gasteiger partial charge in [0.1, 0.15) is 5.82 Å². The van der Waals surface area contributed by atoms with E-state index >= 15 is 0 Å². The summed E-state index contributed by atoms with van der Waals surface area (Å²) in [5.41, 5.74) is 8.94. The molecule has 4 rings (SSSR count). The minimum absolute atomic E-state index is 0.0603. The molecule has 1 aromatic heterocycles. The average Bonchev–Trinajstić information content (AvgIpc) is 3.20. The van der Waals surface area contributed by atoms with E-state index < -0.39 is 5.92 Å². The first-order valence-corrected chi connectivity index (χ1v) is 12.7. The summed E-state index contributed by atoms with van der Waals surface area (Å²) in [7, 11) is 0. The Morgan fingerprint density at radius 1 is 1.24 bits per heavy atom. The van der Waals surface area contributed by atoms with Crippen molar-refractivity contribution in [2.24, 2.45) is 11.1 Å². The third kappa shape index (κ3) is 4.45. The van der Waals surface area contributed by atoms with Gasteiger partial charge in [-0.1, -0.05) is 50.4 Å². The Morgan fingerprint density at radius 2 is 2.00 bits per heavy atom. The van der Waals surface area contributed by atoms with Crippen molar-refractivity contribution in [1.82, 2.24) is 0 Å². The number of carbonyl (C=O) groups excluding carboxylic acids is 1. The Balaban J connectivity index is 1.93. The van der Waals surface area contributed by atoms with Crippen molar-refractivity contribution in [3.63, 3.8) is 0 Å². The van der Waals surface area contributed by atoms with Gasteiger partial charge in [-0.3, -0.25) is 9.69 Å². The van der Waals surface area contributed by atoms with Crippen molar-refractivity contribution in [2.45, 2.75) is 58.8 Å². The predicted octanol–water partition coefficient (Wildman–Crippen LogP) is 7.34. The van der Waals surface area contributed by atoms with E-state index in [-0.39, 0.29) is 11.2 Å². The highest BCUT2D eigenvalue weighted by atomic mass is 35.5. The largest absolute Gasteiger partial charge is 0.384 e. The normalized spacial score (nSPS) is 20.2. The molecule has 1 aliphatic carbocycles. The molecule has 1 aliphatic heterocycles. The van der Waals surface area contributed by atoms with Crippen LogP contribution in [0.15, 0.2) is 53.0 Å². The highest BCUT2D eigenvalue weighted by Crippen LogP contribution is 2.52. The molecule has 1 aromatic carbocycles. The van der Waals surface area contributed by atoms with Crippen molar-refractivity contribution in [3.05, 3.63) is 72.8 Å². The number of rotatable bonds is 5. The summed E-state index contributed by atoms with van der Waals surface area (Å²) in [6, 6.07) is 11.7. The molecule has 2 aromatic rings. The van der Waals surface area contributed by atoms with Crippen molar-refractivity contribution in [2.75, 3.05) is 4.90 Å². The third-order valence-corrected chi connectivity index (χ3v) is 8.02. The van der Waals surface area contributed by atoms with E-state index in [0.717, 1.165) is 29.8 Å². The molecule has 0 saturated carbocycles. The second-order valence-electron chi connectivity index (χ2n) is 9.48. The number of nitriles is 1. The second kappa shape index (κ2) is 9.18. The number of Topliss-reactive ketones (excluding diaryl/α,β-unsaturated/α-hetero) is 1. The van der Waals surface area contributed by atoms with Gasteiger partial charge in [-0.15, -0.1) is 11.3 Å². The fourth-order valence-electron chi connectivity index (χ4n) is 4.77. The Kier molecular flexibility index (Phi) is 6.64. The standard InChI is InChI=1S/C26H27Cl2N3OS/c1-4-5-6-16-8-10-22(33-16)23-17(14-29)25(30)31(19-9-7-15(27)11-18(19)28)20-12-26(2,3)13-21(32)24(20)23/h7-11,23H,4-6,12-13,30H2,1-3H3. The predicted molar refractivity (Wildman–Crippen MR) is 136 cm³/mol. The first-order valence-electron chi connectivity index (χ1n) is 11.2. The van der Waals surface area contributed by atoms with Crippen LogP contribution in [0.2, 0.25) is 10.0 Å². The molecule has 0 fully saturated rings. The van der Waals surface area contributed by atoms with Gasteiger partial charge in [-0.2, -0.15) is 5.26 Å². The van der Waals surface area contributed by atoms with E-state index in [0.29, 0.717) is 45.5 Å². The van der Waals surface area contributed by atoms with E-state index in [2.05, 4.69) is 32.9 Å². The maximum atomic E-state index is 13.6. The van der Waals surface area contributed by atoms with E-state index in [1.165, 1.54) is 4.88 Å². The molecule has 2 N–H and O–H groups in total. The van der Waals surface area contributed by atoms with Crippen LogP contribution >= 0.6 is 34.5 Å². The van der Waals surface area contributed by atoms with Crippen LogP contribution in [0.3, 0.4) is 0 Å². The van der Waals surface area contributed by atoms with E-state index in [4.69, 9.17) is 28.9 Å². The summed E-state index contributed by atoms with van der Waals surface area (Å²) in [5, 5.41) is 11.1. The van der Waals surface area contributed by atoms with Gasteiger partial charge in [0.05, 0.1) is 28.3 Å². The number of aryl methyl sites for hydroxylation is 1. The molecule has 0 amide bonds. The number of halogens is 2. The van der Waals surface area contributed by atoms with Gasteiger partial charge in [0.15, 0.2) is 5.78 Å². The molecule has 0 spiro atoms. The zero-order valence-corrected chi connectivity index (χ0v) is 21.4. The molecule has 7 heteroatoms. The summed E-state index contributed by atoms with van der Waals surface area (Å²) >= 11 is 14.4. The summed E-state index contributed by atoms with van der Waals surface area (Å²) in [4.78, 5) is 17.6. The van der Waals surface area contributed by atoms with Gasteiger partial charge >= 0.3 is 0 Å². The lowest BCUT2D eigenvalue weighted by atomic mass is 9.69. The van der Waals surface area contributed by atoms with Crippen LogP contribution in [0.1, 0.15) is 62.1 Å². The highest BCUT2D eigenvalue weighted by Gasteiger charge is 2.45. The molecule has 1 atom stereocenters. The number of hydrogen-bond donors (Lipinski definition) is 1. The van der Waals surface area contributed by atoms with Gasteiger partial charge in [0, 0.05) is 32.5 Å². The number of thiophene rings is 1. The van der Waals surface area contributed by atoms with Crippen LogP contribution in [-0.4, -0.2) is 5.78 Å². The second-order valence-corrected chi connectivity index (χ2v) is 11.5. The molecule has 0 saturated heterocycles. The lowest BCUT2D eigenvalue weighted by Crippen LogP contribution is -2.42. The average molecular weight is 500 g/mol. The Labute approximate surface area is 209 Å². The van der Waals surface area contributed by atoms with E-state index in [1.54, 1.807) is 34.4 Å². The van der Waals surface area contributed by atoms with Crippen LogP contribution in [-0.2, 0) is 11.2 Å². The fourth-order valence-corrected chi connectivity index (χ4v) is 6.43. The molecule has 0 bridgehead atoms. The number of nitrogens with zero attached hydrogens (tertiary/aromatic N) is 2. The molecule has 172 valence electrons. The van der Waals surface area contributed by atoms with Gasteiger partial charge < -0.3 is 5.73 Å². The first-order chi connectivity index (χ1) is 15.7. The molecular formula is C26H27Cl2N3OS. The molecular weight excluding hydrogens is 473 g/mol.